The Morgan fingerprint density at radius 2 is 1.70 bits per heavy atom. The van der Waals surface area contributed by atoms with E-state index in [0.29, 0.717) is 29.9 Å². The van der Waals surface area contributed by atoms with Crippen molar-refractivity contribution in [2.75, 3.05) is 6.61 Å². The van der Waals surface area contributed by atoms with Crippen molar-refractivity contribution in [3.63, 3.8) is 0 Å². The lowest BCUT2D eigenvalue weighted by Crippen LogP contribution is -2.30. The van der Waals surface area contributed by atoms with Gasteiger partial charge in [0.15, 0.2) is 0 Å². The number of imide groups is 1. The Morgan fingerprint density at radius 3 is 2.43 bits per heavy atom. The van der Waals surface area contributed by atoms with Crippen LogP contribution in [0.1, 0.15) is 49.3 Å². The average molecular weight is 526 g/mol. The Balaban J connectivity index is 1.25. The van der Waals surface area contributed by atoms with E-state index in [0.717, 1.165) is 55.4 Å². The Morgan fingerprint density at radius 1 is 0.919 bits per heavy atom. The maximum atomic E-state index is 15.0. The van der Waals surface area contributed by atoms with Gasteiger partial charge in [0.05, 0.1) is 6.61 Å². The summed E-state index contributed by atoms with van der Waals surface area (Å²) in [6, 6.07) is 18.4. The number of hydrogen-bond donors (Lipinski definition) is 1. The minimum atomic E-state index is -2.36. The molecule has 37 heavy (non-hydrogen) atoms. The first-order chi connectivity index (χ1) is 17.9. The molecule has 0 aliphatic carbocycles. The van der Waals surface area contributed by atoms with Gasteiger partial charge in [0.1, 0.15) is 23.1 Å². The second-order valence-electron chi connectivity index (χ2n) is 8.87. The van der Waals surface area contributed by atoms with E-state index in [1.54, 1.807) is 24.3 Å². The van der Waals surface area contributed by atoms with Crippen molar-refractivity contribution < 1.29 is 27.8 Å². The lowest BCUT2D eigenvalue weighted by molar-refractivity contribution is -0.126. The summed E-state index contributed by atoms with van der Waals surface area (Å²) in [5.41, 5.74) is 2.17. The minimum Gasteiger partial charge on any atom is -0.493 e. The fraction of sp³-hybridized carbons (Fsp3) is 0.310. The number of thioether (sulfide) groups is 1. The highest BCUT2D eigenvalue weighted by molar-refractivity contribution is 8.15. The van der Waals surface area contributed by atoms with Crippen molar-refractivity contribution in [1.29, 1.82) is 0 Å². The average Bonchev–Trinajstić information content (AvgIpc) is 3.16. The predicted octanol–water partition coefficient (Wildman–Crippen LogP) is 7.47. The van der Waals surface area contributed by atoms with Crippen LogP contribution in [0.25, 0.3) is 0 Å². The van der Waals surface area contributed by atoms with Gasteiger partial charge in [0, 0.05) is 5.56 Å². The van der Waals surface area contributed by atoms with Crippen molar-refractivity contribution >= 4 is 22.9 Å². The summed E-state index contributed by atoms with van der Waals surface area (Å²) in [7, 11) is 0. The highest BCUT2D eigenvalue weighted by Gasteiger charge is 2.50. The van der Waals surface area contributed by atoms with Gasteiger partial charge in [-0.25, -0.2) is 8.78 Å². The fourth-order valence-corrected chi connectivity index (χ4v) is 4.93. The molecule has 1 unspecified atom stereocenters. The number of halogens is 2. The molecule has 1 aliphatic heterocycles. The number of hydrogen-bond acceptors (Lipinski definition) is 5. The molecule has 1 saturated heterocycles. The number of alkyl halides is 1. The van der Waals surface area contributed by atoms with Gasteiger partial charge < -0.3 is 9.47 Å². The summed E-state index contributed by atoms with van der Waals surface area (Å²) >= 11 is 0.372. The number of unbranched alkanes of at least 4 members (excludes halogenated alkanes) is 2. The van der Waals surface area contributed by atoms with Gasteiger partial charge in [-0.1, -0.05) is 37.6 Å². The number of carbonyl (C=O) groups excluding carboxylic acids is 2. The van der Waals surface area contributed by atoms with Crippen LogP contribution in [-0.4, -0.2) is 17.8 Å². The smallest absolute Gasteiger partial charge is 0.289 e. The van der Waals surface area contributed by atoms with Gasteiger partial charge in [0.25, 0.3) is 16.1 Å². The lowest BCUT2D eigenvalue weighted by Gasteiger charge is -2.15. The Labute approximate surface area is 219 Å². The summed E-state index contributed by atoms with van der Waals surface area (Å²) in [5, 5.41) is -1.03. The van der Waals surface area contributed by atoms with Crippen LogP contribution in [0.15, 0.2) is 66.7 Å². The van der Waals surface area contributed by atoms with Crippen molar-refractivity contribution in [1.82, 2.24) is 5.32 Å². The molecule has 3 aromatic carbocycles. The quantitative estimate of drug-likeness (QED) is 0.249. The summed E-state index contributed by atoms with van der Waals surface area (Å²) in [6.45, 7) is 2.67. The minimum absolute atomic E-state index is 0.192. The van der Waals surface area contributed by atoms with Crippen LogP contribution in [0.3, 0.4) is 0 Å². The maximum absolute atomic E-state index is 15.0. The molecule has 2 amide bonds. The normalized spacial score (nSPS) is 17.1. The highest BCUT2D eigenvalue weighted by Crippen LogP contribution is 2.43. The summed E-state index contributed by atoms with van der Waals surface area (Å²) in [6.07, 6.45) is 5.22. The first-order valence-corrected chi connectivity index (χ1v) is 13.2. The van der Waals surface area contributed by atoms with E-state index in [4.69, 9.17) is 9.47 Å². The van der Waals surface area contributed by atoms with Gasteiger partial charge in [-0.2, -0.15) is 0 Å². The molecule has 1 heterocycles. The lowest BCUT2D eigenvalue weighted by atomic mass is 10.0. The van der Waals surface area contributed by atoms with E-state index < -0.39 is 16.1 Å². The molecular formula is C29H29F2NO4S. The Bertz CT molecular complexity index is 1250. The van der Waals surface area contributed by atoms with Crippen molar-refractivity contribution in [3.05, 3.63) is 89.2 Å². The molecule has 0 bridgehead atoms. The molecule has 0 aromatic heterocycles. The van der Waals surface area contributed by atoms with Crippen LogP contribution >= 0.6 is 11.8 Å². The predicted molar refractivity (Wildman–Crippen MR) is 140 cm³/mol. The van der Waals surface area contributed by atoms with E-state index in [2.05, 4.69) is 6.92 Å². The molecule has 1 aliphatic rings. The fourth-order valence-electron chi connectivity index (χ4n) is 4.14. The SMILES string of the molecule is CCCc1cc(Oc2ccc(F)cc2)ccc1OCCCCCc1cccc(C2(F)SC(=O)NC2=O)c1. The molecule has 4 rings (SSSR count). The molecule has 1 fully saturated rings. The first kappa shape index (κ1) is 26.7. The molecule has 3 aromatic rings. The zero-order valence-electron chi connectivity index (χ0n) is 20.6. The number of aryl methyl sites for hydroxylation is 2. The molecular weight excluding hydrogens is 496 g/mol. The van der Waals surface area contributed by atoms with Crippen LogP contribution in [0.2, 0.25) is 0 Å². The third kappa shape index (κ3) is 6.89. The zero-order valence-corrected chi connectivity index (χ0v) is 21.4. The van der Waals surface area contributed by atoms with Crippen molar-refractivity contribution in [3.8, 4) is 17.2 Å². The number of ether oxygens (including phenoxy) is 2. The Hall–Kier alpha value is -3.39. The third-order valence-corrected chi connectivity index (χ3v) is 7.00. The Kier molecular flexibility index (Phi) is 8.82. The van der Waals surface area contributed by atoms with Crippen molar-refractivity contribution in [2.45, 2.75) is 50.4 Å². The van der Waals surface area contributed by atoms with Crippen LogP contribution in [0.4, 0.5) is 13.6 Å². The second kappa shape index (κ2) is 12.2. The second-order valence-corrected chi connectivity index (χ2v) is 10.0. The number of nitrogens with one attached hydrogen (secondary N) is 1. The van der Waals surface area contributed by atoms with Crippen LogP contribution in [0, 0.1) is 5.82 Å². The van der Waals surface area contributed by atoms with Gasteiger partial charge >= 0.3 is 0 Å². The highest BCUT2D eigenvalue weighted by atomic mass is 32.2. The summed E-state index contributed by atoms with van der Waals surface area (Å²) in [4.78, 5) is 23.3. The standard InChI is InChI=1S/C29H29F2NO4S/c1-2-7-21-19-25(36-24-13-11-23(30)12-14-24)15-16-26(21)35-17-5-3-4-8-20-9-6-10-22(18-20)29(31)27(33)32-28(34)37-29/h6,9-16,18-19H,2-5,7-8,17H2,1H3,(H,32,33,34). The molecule has 0 radical (unpaired) electrons. The monoisotopic (exact) mass is 525 g/mol. The van der Waals surface area contributed by atoms with Crippen LogP contribution in [0.5, 0.6) is 17.2 Å². The molecule has 194 valence electrons. The molecule has 0 saturated carbocycles. The number of amides is 2. The molecule has 1 atom stereocenters. The number of benzene rings is 3. The summed E-state index contributed by atoms with van der Waals surface area (Å²) < 4.78 is 40.1. The molecule has 5 nitrogen and oxygen atoms in total. The third-order valence-electron chi connectivity index (χ3n) is 6.01. The van der Waals surface area contributed by atoms with Gasteiger partial charge in [-0.15, -0.1) is 0 Å². The molecule has 8 heteroatoms. The van der Waals surface area contributed by atoms with Gasteiger partial charge in [-0.3, -0.25) is 14.9 Å². The van der Waals surface area contributed by atoms with Gasteiger partial charge in [-0.05, 0) is 97.5 Å². The molecule has 0 spiro atoms. The van der Waals surface area contributed by atoms with E-state index >= 15 is 4.39 Å². The largest absolute Gasteiger partial charge is 0.493 e. The van der Waals surface area contributed by atoms with Crippen LogP contribution in [-0.2, 0) is 22.6 Å². The number of rotatable bonds is 12. The van der Waals surface area contributed by atoms with E-state index in [1.807, 2.05) is 29.6 Å². The molecule has 1 N–H and O–H groups in total. The number of carbonyl (C=O) groups is 2. The first-order valence-electron chi connectivity index (χ1n) is 12.4. The zero-order chi connectivity index (χ0) is 26.3. The van der Waals surface area contributed by atoms with Gasteiger partial charge in [0.2, 0.25) is 0 Å². The van der Waals surface area contributed by atoms with Crippen LogP contribution < -0.4 is 14.8 Å². The van der Waals surface area contributed by atoms with Crippen molar-refractivity contribution in [2.24, 2.45) is 0 Å². The maximum Gasteiger partial charge on any atom is 0.289 e. The summed E-state index contributed by atoms with van der Waals surface area (Å²) in [5.74, 6) is 0.853. The van der Waals surface area contributed by atoms with E-state index in [-0.39, 0.29) is 11.4 Å². The van der Waals surface area contributed by atoms with E-state index in [9.17, 15) is 14.0 Å². The van der Waals surface area contributed by atoms with E-state index in [1.165, 1.54) is 18.2 Å². The topological polar surface area (TPSA) is 64.6 Å².